The minimum Gasteiger partial charge on any atom is -0.206 e. The Morgan fingerprint density at radius 2 is 1.77 bits per heavy atom. The molecular formula is C12H11F. The van der Waals surface area contributed by atoms with E-state index in [1.54, 1.807) is 6.92 Å². The first-order chi connectivity index (χ1) is 6.20. The van der Waals surface area contributed by atoms with E-state index in [4.69, 9.17) is 0 Å². The second kappa shape index (κ2) is 2.84. The van der Waals surface area contributed by atoms with Crippen molar-refractivity contribution in [1.29, 1.82) is 0 Å². The fourth-order valence-electron chi connectivity index (χ4n) is 1.67. The summed E-state index contributed by atoms with van der Waals surface area (Å²) in [5, 5.41) is 2.12. The van der Waals surface area contributed by atoms with Crippen molar-refractivity contribution in [3.63, 3.8) is 0 Å². The Kier molecular flexibility index (Phi) is 1.80. The van der Waals surface area contributed by atoms with Gasteiger partial charge in [0.15, 0.2) is 0 Å². The van der Waals surface area contributed by atoms with Crippen LogP contribution in [0.4, 0.5) is 4.39 Å². The minimum atomic E-state index is -0.0845. The summed E-state index contributed by atoms with van der Waals surface area (Å²) in [6.45, 7) is 3.62. The highest BCUT2D eigenvalue weighted by Gasteiger charge is 2.05. The molecule has 0 nitrogen and oxygen atoms in total. The molecule has 0 aliphatic carbocycles. The van der Waals surface area contributed by atoms with Crippen molar-refractivity contribution < 1.29 is 4.39 Å². The molecule has 0 radical (unpaired) electrons. The molecule has 0 unspecified atom stereocenters. The highest BCUT2D eigenvalue weighted by Crippen LogP contribution is 2.23. The number of hydrogen-bond acceptors (Lipinski definition) is 0. The van der Waals surface area contributed by atoms with Crippen molar-refractivity contribution in [2.24, 2.45) is 0 Å². The molecule has 0 bridgehead atoms. The van der Waals surface area contributed by atoms with E-state index in [-0.39, 0.29) is 5.82 Å². The summed E-state index contributed by atoms with van der Waals surface area (Å²) in [6, 6.07) is 9.75. The number of halogens is 1. The van der Waals surface area contributed by atoms with Crippen molar-refractivity contribution >= 4 is 10.8 Å². The van der Waals surface area contributed by atoms with Crippen LogP contribution in [-0.4, -0.2) is 0 Å². The Bertz CT molecular complexity index is 458. The molecule has 2 aromatic carbocycles. The average molecular weight is 174 g/mol. The quantitative estimate of drug-likeness (QED) is 0.572. The number of rotatable bonds is 0. The van der Waals surface area contributed by atoms with Crippen LogP contribution in [-0.2, 0) is 0 Å². The molecule has 0 saturated heterocycles. The monoisotopic (exact) mass is 174 g/mol. The summed E-state index contributed by atoms with van der Waals surface area (Å²) in [5.74, 6) is -0.0845. The van der Waals surface area contributed by atoms with Crippen molar-refractivity contribution in [1.82, 2.24) is 0 Å². The standard InChI is InChI=1S/C12H11F/c1-8-7-10-5-3-4-6-11(10)9(2)12(8)13/h3-7H,1-2H3. The van der Waals surface area contributed by atoms with Crippen LogP contribution in [0.5, 0.6) is 0 Å². The molecule has 0 spiro atoms. The molecule has 66 valence electrons. The van der Waals surface area contributed by atoms with Crippen LogP contribution in [0.15, 0.2) is 30.3 Å². The van der Waals surface area contributed by atoms with Crippen molar-refractivity contribution in [3.8, 4) is 0 Å². The molecule has 0 aliphatic rings. The Hall–Kier alpha value is -1.37. The average Bonchev–Trinajstić information content (AvgIpc) is 2.15. The predicted octanol–water partition coefficient (Wildman–Crippen LogP) is 3.60. The summed E-state index contributed by atoms with van der Waals surface area (Å²) < 4.78 is 13.5. The molecule has 2 aromatic rings. The van der Waals surface area contributed by atoms with Crippen LogP contribution >= 0.6 is 0 Å². The topological polar surface area (TPSA) is 0 Å². The minimum absolute atomic E-state index is 0.0845. The summed E-state index contributed by atoms with van der Waals surface area (Å²) in [4.78, 5) is 0. The van der Waals surface area contributed by atoms with Gasteiger partial charge in [-0.1, -0.05) is 24.3 Å². The van der Waals surface area contributed by atoms with Gasteiger partial charge in [-0.2, -0.15) is 0 Å². The van der Waals surface area contributed by atoms with Gasteiger partial charge in [0.25, 0.3) is 0 Å². The van der Waals surface area contributed by atoms with Crippen molar-refractivity contribution in [2.45, 2.75) is 13.8 Å². The van der Waals surface area contributed by atoms with Gasteiger partial charge in [-0.15, -0.1) is 0 Å². The zero-order chi connectivity index (χ0) is 9.42. The second-order valence-corrected chi connectivity index (χ2v) is 3.35. The van der Waals surface area contributed by atoms with Crippen LogP contribution in [0.1, 0.15) is 11.1 Å². The van der Waals surface area contributed by atoms with Gasteiger partial charge in [-0.05, 0) is 41.8 Å². The molecule has 0 atom stereocenters. The third-order valence-corrected chi connectivity index (χ3v) is 2.41. The summed E-state index contributed by atoms with van der Waals surface area (Å²) in [7, 11) is 0. The first-order valence-corrected chi connectivity index (χ1v) is 4.34. The van der Waals surface area contributed by atoms with Crippen LogP contribution in [0.25, 0.3) is 10.8 Å². The van der Waals surface area contributed by atoms with Gasteiger partial charge in [0.05, 0.1) is 0 Å². The van der Waals surface area contributed by atoms with E-state index in [9.17, 15) is 4.39 Å². The van der Waals surface area contributed by atoms with Crippen LogP contribution in [0.3, 0.4) is 0 Å². The first-order valence-electron chi connectivity index (χ1n) is 4.34. The molecule has 0 aliphatic heterocycles. The smallest absolute Gasteiger partial charge is 0.129 e. The predicted molar refractivity (Wildman–Crippen MR) is 53.4 cm³/mol. The van der Waals surface area contributed by atoms with E-state index in [0.717, 1.165) is 21.9 Å². The van der Waals surface area contributed by atoms with Gasteiger partial charge in [0.1, 0.15) is 5.82 Å². The fourth-order valence-corrected chi connectivity index (χ4v) is 1.67. The molecule has 0 N–H and O–H groups in total. The van der Waals surface area contributed by atoms with E-state index >= 15 is 0 Å². The molecule has 0 saturated carbocycles. The van der Waals surface area contributed by atoms with Gasteiger partial charge in [-0.25, -0.2) is 4.39 Å². The van der Waals surface area contributed by atoms with Crippen molar-refractivity contribution in [2.75, 3.05) is 0 Å². The Morgan fingerprint density at radius 3 is 2.54 bits per heavy atom. The fraction of sp³-hybridized carbons (Fsp3) is 0.167. The SMILES string of the molecule is Cc1cc2ccccc2c(C)c1F. The highest BCUT2D eigenvalue weighted by molar-refractivity contribution is 5.86. The number of benzene rings is 2. The number of aryl methyl sites for hydroxylation is 2. The van der Waals surface area contributed by atoms with Gasteiger partial charge >= 0.3 is 0 Å². The molecule has 2 rings (SSSR count). The Morgan fingerprint density at radius 1 is 1.08 bits per heavy atom. The zero-order valence-electron chi connectivity index (χ0n) is 7.76. The third-order valence-electron chi connectivity index (χ3n) is 2.41. The summed E-state index contributed by atoms with van der Waals surface area (Å²) in [5.41, 5.74) is 1.46. The van der Waals surface area contributed by atoms with Gasteiger partial charge in [0.2, 0.25) is 0 Å². The lowest BCUT2D eigenvalue weighted by Gasteiger charge is -2.05. The van der Waals surface area contributed by atoms with Gasteiger partial charge < -0.3 is 0 Å². The lowest BCUT2D eigenvalue weighted by atomic mass is 10.0. The largest absolute Gasteiger partial charge is 0.206 e. The maximum absolute atomic E-state index is 13.5. The number of hydrogen-bond donors (Lipinski definition) is 0. The van der Waals surface area contributed by atoms with E-state index in [1.165, 1.54) is 0 Å². The maximum atomic E-state index is 13.5. The molecule has 0 amide bonds. The second-order valence-electron chi connectivity index (χ2n) is 3.35. The number of fused-ring (bicyclic) bond motifs is 1. The molecule has 0 heterocycles. The first kappa shape index (κ1) is 8.24. The zero-order valence-corrected chi connectivity index (χ0v) is 7.76. The molecule has 1 heteroatoms. The lowest BCUT2D eigenvalue weighted by molar-refractivity contribution is 0.612. The summed E-state index contributed by atoms with van der Waals surface area (Å²) >= 11 is 0. The van der Waals surface area contributed by atoms with Crippen LogP contribution in [0, 0.1) is 19.7 Å². The Balaban J connectivity index is 2.94. The van der Waals surface area contributed by atoms with Crippen LogP contribution < -0.4 is 0 Å². The molecular weight excluding hydrogens is 163 g/mol. The molecule has 13 heavy (non-hydrogen) atoms. The van der Waals surface area contributed by atoms with E-state index < -0.39 is 0 Å². The lowest BCUT2D eigenvalue weighted by Crippen LogP contribution is -1.89. The van der Waals surface area contributed by atoms with Crippen molar-refractivity contribution in [3.05, 3.63) is 47.3 Å². The van der Waals surface area contributed by atoms with E-state index in [0.29, 0.717) is 0 Å². The van der Waals surface area contributed by atoms with Gasteiger partial charge in [0, 0.05) is 0 Å². The summed E-state index contributed by atoms with van der Waals surface area (Å²) in [6.07, 6.45) is 0. The molecule has 0 fully saturated rings. The molecule has 0 aromatic heterocycles. The maximum Gasteiger partial charge on any atom is 0.129 e. The van der Waals surface area contributed by atoms with Gasteiger partial charge in [-0.3, -0.25) is 0 Å². The van der Waals surface area contributed by atoms with E-state index in [2.05, 4.69) is 0 Å². The third kappa shape index (κ3) is 1.21. The highest BCUT2D eigenvalue weighted by atomic mass is 19.1. The van der Waals surface area contributed by atoms with Crippen LogP contribution in [0.2, 0.25) is 0 Å². The van der Waals surface area contributed by atoms with E-state index in [1.807, 2.05) is 37.3 Å². The normalized spacial score (nSPS) is 10.7. The Labute approximate surface area is 77.0 Å².